The highest BCUT2D eigenvalue weighted by Gasteiger charge is 2.08. The number of primary amides is 1. The lowest BCUT2D eigenvalue weighted by Crippen LogP contribution is -2.18. The van der Waals surface area contributed by atoms with E-state index in [-0.39, 0.29) is 11.6 Å². The summed E-state index contributed by atoms with van der Waals surface area (Å²) >= 11 is 3.29. The van der Waals surface area contributed by atoms with Gasteiger partial charge in [0, 0.05) is 29.6 Å². The number of carbonyl (C=O) groups excluding carboxylic acids is 1. The first-order valence-electron chi connectivity index (χ1n) is 5.42. The van der Waals surface area contributed by atoms with Crippen molar-refractivity contribution in [3.8, 4) is 0 Å². The van der Waals surface area contributed by atoms with E-state index < -0.39 is 4.92 Å². The molecule has 0 saturated heterocycles. The van der Waals surface area contributed by atoms with Gasteiger partial charge in [0.15, 0.2) is 0 Å². The first kappa shape index (κ1) is 14.6. The molecular formula is C11H14BrN3O3. The highest BCUT2D eigenvalue weighted by atomic mass is 79.9. The van der Waals surface area contributed by atoms with Crippen molar-refractivity contribution < 1.29 is 9.72 Å². The van der Waals surface area contributed by atoms with Crippen LogP contribution in [0, 0.1) is 10.1 Å². The standard InChI is InChI=1S/C11H14BrN3O3/c12-10-6-9(15(17)18)4-3-8(10)7-14-5-1-2-11(13)16/h3-4,6,14H,1-2,5,7H2,(H2,13,16). The van der Waals surface area contributed by atoms with Gasteiger partial charge in [-0.15, -0.1) is 0 Å². The average Bonchev–Trinajstić information content (AvgIpc) is 2.29. The second-order valence-corrected chi connectivity index (χ2v) is 4.63. The Bertz CT molecular complexity index is 451. The lowest BCUT2D eigenvalue weighted by molar-refractivity contribution is -0.384. The lowest BCUT2D eigenvalue weighted by Gasteiger charge is -2.06. The van der Waals surface area contributed by atoms with E-state index >= 15 is 0 Å². The third-order valence-corrected chi connectivity index (χ3v) is 3.08. The van der Waals surface area contributed by atoms with Crippen LogP contribution in [0.1, 0.15) is 18.4 Å². The van der Waals surface area contributed by atoms with Gasteiger partial charge in [0.25, 0.3) is 5.69 Å². The van der Waals surface area contributed by atoms with Gasteiger partial charge in [-0.05, 0) is 24.6 Å². The molecule has 0 unspecified atom stereocenters. The zero-order valence-electron chi connectivity index (χ0n) is 9.69. The van der Waals surface area contributed by atoms with E-state index in [2.05, 4.69) is 21.2 Å². The summed E-state index contributed by atoms with van der Waals surface area (Å²) in [6, 6.07) is 4.63. The first-order chi connectivity index (χ1) is 8.50. The predicted molar refractivity (Wildman–Crippen MR) is 70.9 cm³/mol. The third kappa shape index (κ3) is 4.80. The molecule has 0 aliphatic rings. The highest BCUT2D eigenvalue weighted by Crippen LogP contribution is 2.22. The molecule has 0 aromatic heterocycles. The van der Waals surface area contributed by atoms with Crippen LogP contribution in [-0.4, -0.2) is 17.4 Å². The van der Waals surface area contributed by atoms with Gasteiger partial charge in [0.2, 0.25) is 5.91 Å². The van der Waals surface area contributed by atoms with Gasteiger partial charge in [-0.2, -0.15) is 0 Å². The molecule has 98 valence electrons. The zero-order chi connectivity index (χ0) is 13.5. The molecule has 0 aliphatic heterocycles. The number of amides is 1. The van der Waals surface area contributed by atoms with E-state index in [1.165, 1.54) is 12.1 Å². The van der Waals surface area contributed by atoms with Crippen LogP contribution >= 0.6 is 15.9 Å². The summed E-state index contributed by atoms with van der Waals surface area (Å²) in [5.74, 6) is -0.312. The van der Waals surface area contributed by atoms with Crippen molar-refractivity contribution in [2.24, 2.45) is 5.73 Å². The van der Waals surface area contributed by atoms with Crippen LogP contribution < -0.4 is 11.1 Å². The van der Waals surface area contributed by atoms with Crippen LogP contribution in [-0.2, 0) is 11.3 Å². The number of hydrogen-bond donors (Lipinski definition) is 2. The van der Waals surface area contributed by atoms with Gasteiger partial charge in [-0.1, -0.05) is 15.9 Å². The first-order valence-corrected chi connectivity index (χ1v) is 6.22. The monoisotopic (exact) mass is 315 g/mol. The number of nitro benzene ring substituents is 1. The highest BCUT2D eigenvalue weighted by molar-refractivity contribution is 9.10. The van der Waals surface area contributed by atoms with Gasteiger partial charge in [-0.3, -0.25) is 14.9 Å². The van der Waals surface area contributed by atoms with Crippen LogP contribution in [0.4, 0.5) is 5.69 Å². The summed E-state index contributed by atoms with van der Waals surface area (Å²) < 4.78 is 0.694. The number of carbonyl (C=O) groups is 1. The van der Waals surface area contributed by atoms with Crippen molar-refractivity contribution in [1.82, 2.24) is 5.32 Å². The minimum atomic E-state index is -0.436. The van der Waals surface area contributed by atoms with Gasteiger partial charge >= 0.3 is 0 Å². The second kappa shape index (κ2) is 7.07. The normalized spacial score (nSPS) is 10.3. The molecule has 1 amide bonds. The number of non-ortho nitro benzene ring substituents is 1. The number of benzene rings is 1. The van der Waals surface area contributed by atoms with Crippen molar-refractivity contribution in [2.45, 2.75) is 19.4 Å². The molecule has 0 aliphatic carbocycles. The Kier molecular flexibility index (Phi) is 5.73. The summed E-state index contributed by atoms with van der Waals surface area (Å²) in [5.41, 5.74) is 6.00. The summed E-state index contributed by atoms with van der Waals surface area (Å²) in [6.45, 7) is 1.25. The average molecular weight is 316 g/mol. The molecule has 7 heteroatoms. The Morgan fingerprint density at radius 1 is 1.50 bits per heavy atom. The van der Waals surface area contributed by atoms with E-state index in [0.29, 0.717) is 30.4 Å². The number of nitrogens with zero attached hydrogens (tertiary/aromatic N) is 1. The fourth-order valence-electron chi connectivity index (χ4n) is 1.40. The molecule has 1 aromatic rings. The maximum atomic E-state index is 10.6. The van der Waals surface area contributed by atoms with Crippen molar-refractivity contribution in [2.75, 3.05) is 6.54 Å². The van der Waals surface area contributed by atoms with Gasteiger partial charge in [0.05, 0.1) is 4.92 Å². The summed E-state index contributed by atoms with van der Waals surface area (Å²) in [6.07, 6.45) is 1.04. The van der Waals surface area contributed by atoms with E-state index in [4.69, 9.17) is 5.73 Å². The molecule has 1 rings (SSSR count). The van der Waals surface area contributed by atoms with E-state index in [0.717, 1.165) is 5.56 Å². The molecule has 0 radical (unpaired) electrons. The van der Waals surface area contributed by atoms with Gasteiger partial charge in [0.1, 0.15) is 0 Å². The molecule has 0 heterocycles. The van der Waals surface area contributed by atoms with E-state index in [1.54, 1.807) is 6.07 Å². The fraction of sp³-hybridized carbons (Fsp3) is 0.364. The van der Waals surface area contributed by atoms with Crippen LogP contribution in [0.2, 0.25) is 0 Å². The second-order valence-electron chi connectivity index (χ2n) is 3.78. The quantitative estimate of drug-likeness (QED) is 0.454. The van der Waals surface area contributed by atoms with E-state index in [1.807, 2.05) is 0 Å². The van der Waals surface area contributed by atoms with E-state index in [9.17, 15) is 14.9 Å². The zero-order valence-corrected chi connectivity index (χ0v) is 11.3. The number of nitro groups is 1. The summed E-state index contributed by atoms with van der Waals surface area (Å²) in [7, 11) is 0. The summed E-state index contributed by atoms with van der Waals surface area (Å²) in [4.78, 5) is 20.6. The number of rotatable bonds is 7. The van der Waals surface area contributed by atoms with Crippen LogP contribution in [0.25, 0.3) is 0 Å². The van der Waals surface area contributed by atoms with Crippen molar-refractivity contribution in [3.05, 3.63) is 38.3 Å². The smallest absolute Gasteiger partial charge is 0.270 e. The fourth-order valence-corrected chi connectivity index (χ4v) is 1.91. The predicted octanol–water partition coefficient (Wildman–Crippen LogP) is 1.71. The Labute approximate surface area is 113 Å². The van der Waals surface area contributed by atoms with Crippen molar-refractivity contribution in [3.63, 3.8) is 0 Å². The van der Waals surface area contributed by atoms with Crippen LogP contribution in [0.5, 0.6) is 0 Å². The Morgan fingerprint density at radius 3 is 2.78 bits per heavy atom. The van der Waals surface area contributed by atoms with Gasteiger partial charge < -0.3 is 11.1 Å². The topological polar surface area (TPSA) is 98.3 Å². The molecule has 6 nitrogen and oxygen atoms in total. The minimum absolute atomic E-state index is 0.0550. The maximum Gasteiger partial charge on any atom is 0.270 e. The molecular weight excluding hydrogens is 302 g/mol. The molecule has 1 aromatic carbocycles. The Hall–Kier alpha value is -1.47. The third-order valence-electron chi connectivity index (χ3n) is 2.34. The minimum Gasteiger partial charge on any atom is -0.370 e. The molecule has 0 spiro atoms. The van der Waals surface area contributed by atoms with Crippen molar-refractivity contribution in [1.29, 1.82) is 0 Å². The molecule has 0 bridgehead atoms. The van der Waals surface area contributed by atoms with Crippen molar-refractivity contribution >= 4 is 27.5 Å². The number of nitrogens with one attached hydrogen (secondary N) is 1. The number of hydrogen-bond acceptors (Lipinski definition) is 4. The SMILES string of the molecule is NC(=O)CCCNCc1ccc([N+](=O)[O-])cc1Br. The number of nitrogens with two attached hydrogens (primary N) is 1. The largest absolute Gasteiger partial charge is 0.370 e. The molecule has 0 atom stereocenters. The lowest BCUT2D eigenvalue weighted by atomic mass is 10.2. The molecule has 0 saturated carbocycles. The molecule has 0 fully saturated rings. The van der Waals surface area contributed by atoms with Gasteiger partial charge in [-0.25, -0.2) is 0 Å². The Morgan fingerprint density at radius 2 is 2.22 bits per heavy atom. The number of halogens is 1. The van der Waals surface area contributed by atoms with Crippen LogP contribution in [0.15, 0.2) is 22.7 Å². The molecule has 18 heavy (non-hydrogen) atoms. The Balaban J connectivity index is 2.43. The van der Waals surface area contributed by atoms with Crippen LogP contribution in [0.3, 0.4) is 0 Å². The maximum absolute atomic E-state index is 10.6. The summed E-state index contributed by atoms with van der Waals surface area (Å²) in [5, 5.41) is 13.7. The molecule has 3 N–H and O–H groups in total.